The summed E-state index contributed by atoms with van der Waals surface area (Å²) in [7, 11) is -3.32. The summed E-state index contributed by atoms with van der Waals surface area (Å²) in [5.74, 6) is 0.119. The molecule has 1 aromatic carbocycles. The number of hydrogen-bond donors (Lipinski definition) is 1. The quantitative estimate of drug-likeness (QED) is 0.872. The van der Waals surface area contributed by atoms with Crippen LogP contribution in [0.1, 0.15) is 6.42 Å². The molecule has 2 saturated heterocycles. The highest BCUT2D eigenvalue weighted by Crippen LogP contribution is 2.33. The zero-order valence-corrected chi connectivity index (χ0v) is 14.1. The van der Waals surface area contributed by atoms with E-state index in [4.69, 9.17) is 16.3 Å². The normalized spacial score (nSPS) is 20.6. The van der Waals surface area contributed by atoms with Crippen LogP contribution in [-0.2, 0) is 14.8 Å². The maximum Gasteiger partial charge on any atom is 0.322 e. The number of sulfonamides is 1. The maximum atomic E-state index is 12.2. The SMILES string of the molecule is O=C(Nc1ccc(Cl)c(N2CCCS2(=O)=O)c1)N1CCOCC1. The summed E-state index contributed by atoms with van der Waals surface area (Å²) < 4.78 is 30.6. The van der Waals surface area contributed by atoms with Crippen molar-refractivity contribution in [2.24, 2.45) is 0 Å². The number of ether oxygens (including phenoxy) is 1. The lowest BCUT2D eigenvalue weighted by atomic mass is 10.2. The van der Waals surface area contributed by atoms with Gasteiger partial charge in [0.25, 0.3) is 0 Å². The molecule has 0 spiro atoms. The highest BCUT2D eigenvalue weighted by molar-refractivity contribution is 7.93. The third kappa shape index (κ3) is 3.54. The van der Waals surface area contributed by atoms with E-state index in [1.807, 2.05) is 0 Å². The van der Waals surface area contributed by atoms with Gasteiger partial charge in [-0.1, -0.05) is 11.6 Å². The molecule has 1 aromatic rings. The monoisotopic (exact) mass is 359 g/mol. The Balaban J connectivity index is 1.79. The van der Waals surface area contributed by atoms with Gasteiger partial charge in [-0.25, -0.2) is 13.2 Å². The van der Waals surface area contributed by atoms with Gasteiger partial charge in [0.2, 0.25) is 10.0 Å². The molecule has 0 radical (unpaired) electrons. The third-order valence-corrected chi connectivity index (χ3v) is 6.04. The molecule has 2 fully saturated rings. The molecule has 0 saturated carbocycles. The molecule has 2 amide bonds. The third-order valence-electron chi connectivity index (χ3n) is 3.86. The Bertz CT molecular complexity index is 704. The van der Waals surface area contributed by atoms with Gasteiger partial charge in [0.15, 0.2) is 0 Å². The van der Waals surface area contributed by atoms with Gasteiger partial charge in [-0.15, -0.1) is 0 Å². The predicted octanol–water partition coefficient (Wildman–Crippen LogP) is 1.74. The standard InChI is InChI=1S/C14H18ClN3O4S/c15-12-3-2-11(16-14(19)17-5-7-22-8-6-17)10-13(12)18-4-1-9-23(18,20)21/h2-3,10H,1,4-9H2,(H,16,19). The minimum atomic E-state index is -3.32. The average Bonchev–Trinajstić information content (AvgIpc) is 2.89. The van der Waals surface area contributed by atoms with E-state index < -0.39 is 10.0 Å². The predicted molar refractivity (Wildman–Crippen MR) is 88.6 cm³/mol. The summed E-state index contributed by atoms with van der Waals surface area (Å²) in [6.07, 6.45) is 0.572. The molecule has 0 aromatic heterocycles. The first kappa shape index (κ1) is 16.4. The molecule has 3 rings (SSSR count). The van der Waals surface area contributed by atoms with Crippen LogP contribution in [0.2, 0.25) is 5.02 Å². The van der Waals surface area contributed by atoms with Crippen LogP contribution >= 0.6 is 11.6 Å². The van der Waals surface area contributed by atoms with Gasteiger partial charge in [-0.2, -0.15) is 0 Å². The van der Waals surface area contributed by atoms with E-state index in [1.54, 1.807) is 23.1 Å². The van der Waals surface area contributed by atoms with Gasteiger partial charge in [0.05, 0.1) is 29.7 Å². The maximum absolute atomic E-state index is 12.2. The fourth-order valence-corrected chi connectivity index (χ4v) is 4.50. The van der Waals surface area contributed by atoms with Crippen LogP contribution in [0.25, 0.3) is 0 Å². The molecule has 0 unspecified atom stereocenters. The van der Waals surface area contributed by atoms with E-state index in [0.717, 1.165) is 0 Å². The number of anilines is 2. The molecule has 126 valence electrons. The van der Waals surface area contributed by atoms with E-state index in [2.05, 4.69) is 5.32 Å². The first-order valence-corrected chi connectivity index (χ1v) is 9.40. The second kappa shape index (κ2) is 6.54. The number of halogens is 1. The van der Waals surface area contributed by atoms with Crippen molar-refractivity contribution in [3.63, 3.8) is 0 Å². The van der Waals surface area contributed by atoms with E-state index in [-0.39, 0.29) is 11.8 Å². The van der Waals surface area contributed by atoms with E-state index in [0.29, 0.717) is 55.7 Å². The van der Waals surface area contributed by atoms with Gasteiger partial charge in [-0.05, 0) is 24.6 Å². The van der Waals surface area contributed by atoms with Gasteiger partial charge in [0.1, 0.15) is 0 Å². The number of benzene rings is 1. The number of rotatable bonds is 2. The van der Waals surface area contributed by atoms with Crippen LogP contribution in [0, 0.1) is 0 Å². The summed E-state index contributed by atoms with van der Waals surface area (Å²) in [5.41, 5.74) is 0.923. The first-order chi connectivity index (χ1) is 11.0. The van der Waals surface area contributed by atoms with E-state index in [9.17, 15) is 13.2 Å². The molecule has 0 bridgehead atoms. The molecule has 0 aliphatic carbocycles. The summed E-state index contributed by atoms with van der Waals surface area (Å²) in [4.78, 5) is 13.9. The molecular formula is C14H18ClN3O4S. The Labute approximate surface area is 140 Å². The Morgan fingerprint density at radius 2 is 1.96 bits per heavy atom. The molecule has 7 nitrogen and oxygen atoms in total. The molecule has 1 N–H and O–H groups in total. The Morgan fingerprint density at radius 1 is 1.22 bits per heavy atom. The van der Waals surface area contributed by atoms with Crippen LogP contribution < -0.4 is 9.62 Å². The van der Waals surface area contributed by atoms with Crippen LogP contribution in [-0.4, -0.2) is 57.9 Å². The minimum absolute atomic E-state index is 0.119. The van der Waals surface area contributed by atoms with Crippen molar-refractivity contribution in [3.8, 4) is 0 Å². The topological polar surface area (TPSA) is 79.0 Å². The van der Waals surface area contributed by atoms with E-state index >= 15 is 0 Å². The summed E-state index contributed by atoms with van der Waals surface area (Å²) in [5, 5.41) is 3.13. The summed E-state index contributed by atoms with van der Waals surface area (Å²) in [6.45, 7) is 2.51. The van der Waals surface area contributed by atoms with Crippen molar-refractivity contribution >= 4 is 39.0 Å². The van der Waals surface area contributed by atoms with Gasteiger partial charge >= 0.3 is 6.03 Å². The largest absolute Gasteiger partial charge is 0.378 e. The number of nitrogens with one attached hydrogen (secondary N) is 1. The van der Waals surface area contributed by atoms with Crippen molar-refractivity contribution in [3.05, 3.63) is 23.2 Å². The molecule has 0 atom stereocenters. The zero-order valence-electron chi connectivity index (χ0n) is 12.5. The molecule has 2 aliphatic heterocycles. The lowest BCUT2D eigenvalue weighted by molar-refractivity contribution is 0.0564. The summed E-state index contributed by atoms with van der Waals surface area (Å²) in [6, 6.07) is 4.63. The average molecular weight is 360 g/mol. The van der Waals surface area contributed by atoms with Crippen molar-refractivity contribution < 1.29 is 17.9 Å². The molecule has 2 aliphatic rings. The van der Waals surface area contributed by atoms with E-state index in [1.165, 1.54) is 4.31 Å². The summed E-state index contributed by atoms with van der Waals surface area (Å²) >= 11 is 6.14. The van der Waals surface area contributed by atoms with Crippen molar-refractivity contribution in [1.82, 2.24) is 4.90 Å². The number of carbonyl (C=O) groups is 1. The first-order valence-electron chi connectivity index (χ1n) is 7.41. The Morgan fingerprint density at radius 3 is 2.61 bits per heavy atom. The Kier molecular flexibility index (Phi) is 4.65. The number of nitrogens with zero attached hydrogens (tertiary/aromatic N) is 2. The smallest absolute Gasteiger partial charge is 0.322 e. The van der Waals surface area contributed by atoms with Crippen LogP contribution in [0.5, 0.6) is 0 Å². The molecule has 23 heavy (non-hydrogen) atoms. The lowest BCUT2D eigenvalue weighted by Gasteiger charge is -2.27. The van der Waals surface area contributed by atoms with Gasteiger partial charge < -0.3 is 15.0 Å². The highest BCUT2D eigenvalue weighted by Gasteiger charge is 2.30. The number of carbonyl (C=O) groups excluding carboxylic acids is 1. The van der Waals surface area contributed by atoms with Crippen molar-refractivity contribution in [1.29, 1.82) is 0 Å². The molecule has 2 heterocycles. The van der Waals surface area contributed by atoms with Crippen LogP contribution in [0.3, 0.4) is 0 Å². The molecule has 9 heteroatoms. The fraction of sp³-hybridized carbons (Fsp3) is 0.500. The number of urea groups is 1. The minimum Gasteiger partial charge on any atom is -0.378 e. The van der Waals surface area contributed by atoms with Crippen LogP contribution in [0.15, 0.2) is 18.2 Å². The zero-order chi connectivity index (χ0) is 16.4. The Hall–Kier alpha value is -1.51. The second-order valence-corrected chi connectivity index (χ2v) is 7.86. The highest BCUT2D eigenvalue weighted by atomic mass is 35.5. The van der Waals surface area contributed by atoms with Crippen molar-refractivity contribution in [2.45, 2.75) is 6.42 Å². The molecular weight excluding hydrogens is 342 g/mol. The van der Waals surface area contributed by atoms with Gasteiger partial charge in [0, 0.05) is 25.3 Å². The van der Waals surface area contributed by atoms with Crippen molar-refractivity contribution in [2.75, 3.05) is 48.2 Å². The second-order valence-electron chi connectivity index (χ2n) is 5.44. The fourth-order valence-electron chi connectivity index (χ4n) is 2.66. The number of amides is 2. The van der Waals surface area contributed by atoms with Crippen LogP contribution in [0.4, 0.5) is 16.2 Å². The van der Waals surface area contributed by atoms with Gasteiger partial charge in [-0.3, -0.25) is 4.31 Å². The number of morpholine rings is 1. The number of hydrogen-bond acceptors (Lipinski definition) is 4. The lowest BCUT2D eigenvalue weighted by Crippen LogP contribution is -2.43.